The highest BCUT2D eigenvalue weighted by Crippen LogP contribution is 2.55. The molecule has 3 aliphatic carbocycles. The van der Waals surface area contributed by atoms with Gasteiger partial charge in [-0.1, -0.05) is 11.6 Å². The molecule has 2 unspecified atom stereocenters. The van der Waals surface area contributed by atoms with E-state index in [4.69, 9.17) is 16.3 Å². The van der Waals surface area contributed by atoms with Gasteiger partial charge >= 0.3 is 0 Å². The molecule has 0 radical (unpaired) electrons. The van der Waals surface area contributed by atoms with Gasteiger partial charge in [-0.25, -0.2) is 21.6 Å². The van der Waals surface area contributed by atoms with Crippen LogP contribution in [-0.2, 0) is 14.6 Å². The zero-order valence-electron chi connectivity index (χ0n) is 20.2. The van der Waals surface area contributed by atoms with E-state index in [9.17, 15) is 41.7 Å². The summed E-state index contributed by atoms with van der Waals surface area (Å²) in [5, 5.41) is 31.3. The summed E-state index contributed by atoms with van der Waals surface area (Å²) >= 11 is 6.19. The van der Waals surface area contributed by atoms with Crippen molar-refractivity contribution >= 4 is 33.0 Å². The lowest BCUT2D eigenvalue weighted by molar-refractivity contribution is -0.211. The second kappa shape index (κ2) is 10.7. The maximum absolute atomic E-state index is 13.5. The van der Waals surface area contributed by atoms with E-state index < -0.39 is 56.3 Å². The van der Waals surface area contributed by atoms with E-state index >= 15 is 0 Å². The van der Waals surface area contributed by atoms with Crippen molar-refractivity contribution in [1.82, 2.24) is 0 Å². The molecule has 2 aromatic rings. The molecule has 3 saturated carbocycles. The minimum atomic E-state index is -4.05. The van der Waals surface area contributed by atoms with Gasteiger partial charge in [-0.2, -0.15) is 0 Å². The quantitative estimate of drug-likeness (QED) is 0.337. The number of rotatable bonds is 9. The molecular weight excluding hydrogens is 551 g/mol. The van der Waals surface area contributed by atoms with Gasteiger partial charge in [0.15, 0.2) is 27.3 Å². The van der Waals surface area contributed by atoms with Gasteiger partial charge < -0.3 is 25.4 Å². The monoisotopic (exact) mass is 577 g/mol. The largest absolute Gasteiger partial charge is 0.391 e. The molecule has 2 aromatic carbocycles. The minimum absolute atomic E-state index is 0.111. The highest BCUT2D eigenvalue weighted by molar-refractivity contribution is 7.92. The lowest BCUT2D eigenvalue weighted by Gasteiger charge is -2.58. The van der Waals surface area contributed by atoms with E-state index in [2.05, 4.69) is 5.32 Å². The molecule has 5 rings (SSSR count). The number of aliphatic hydroxyl groups is 3. The molecule has 0 spiro atoms. The van der Waals surface area contributed by atoms with Crippen molar-refractivity contribution in [2.45, 2.75) is 54.1 Å². The third-order valence-corrected chi connectivity index (χ3v) is 10.1. The van der Waals surface area contributed by atoms with E-state index in [0.29, 0.717) is 18.6 Å². The van der Waals surface area contributed by atoms with Gasteiger partial charge in [0.2, 0.25) is 0 Å². The van der Waals surface area contributed by atoms with Gasteiger partial charge in [0.25, 0.3) is 5.91 Å². The molecule has 1 amide bonds. The van der Waals surface area contributed by atoms with Gasteiger partial charge in [0.1, 0.15) is 6.10 Å². The van der Waals surface area contributed by atoms with Crippen LogP contribution in [0.1, 0.15) is 36.5 Å². The smallest absolute Gasteiger partial charge is 0.255 e. The number of hydrogen-bond donors (Lipinski definition) is 4. The summed E-state index contributed by atoms with van der Waals surface area (Å²) in [6, 6.07) is 4.71. The Kier molecular flexibility index (Phi) is 8.14. The van der Waals surface area contributed by atoms with Gasteiger partial charge in [0.05, 0.1) is 40.1 Å². The van der Waals surface area contributed by atoms with Crippen LogP contribution < -0.4 is 5.32 Å². The molecule has 13 heteroatoms. The number of carbonyl (C=O) groups is 1. The third kappa shape index (κ3) is 5.43. The van der Waals surface area contributed by atoms with Gasteiger partial charge in [-0.15, -0.1) is 0 Å². The summed E-state index contributed by atoms with van der Waals surface area (Å²) < 4.78 is 72.5. The molecule has 0 aliphatic heterocycles. The van der Waals surface area contributed by atoms with Gasteiger partial charge in [-0.05, 0) is 56.2 Å². The molecule has 208 valence electrons. The van der Waals surface area contributed by atoms with Crippen LogP contribution in [0.15, 0.2) is 35.2 Å². The number of benzene rings is 2. The fourth-order valence-electron chi connectivity index (χ4n) is 5.10. The zero-order valence-corrected chi connectivity index (χ0v) is 21.8. The number of ether oxygens (including phenoxy) is 1. The standard InChI is InChI=1S/C25H27ClF3NO7S/c1-12(31)21(32)10-37-11-25(34)14-5-15(25)7-17(6-14)38(35,36)22-4-13(2-3-18(22)26)24(33)30-16-8-19(27)23(29)20(28)9-16/h2-4,8-9,12,14-15,17,21,31-32,34H,5-7,10-11H2,1H3,(H,30,33)/t12-,14?,15?,17?,21-,25?/m1/s1. The second-order valence-corrected chi connectivity index (χ2v) is 12.5. The summed E-state index contributed by atoms with van der Waals surface area (Å²) in [5.41, 5.74) is -1.77. The molecule has 2 bridgehead atoms. The lowest BCUT2D eigenvalue weighted by atomic mass is 9.54. The number of hydrogen-bond acceptors (Lipinski definition) is 7. The Morgan fingerprint density at radius 2 is 1.74 bits per heavy atom. The van der Waals surface area contributed by atoms with Crippen molar-refractivity contribution in [3.8, 4) is 0 Å². The van der Waals surface area contributed by atoms with E-state index in [1.807, 2.05) is 0 Å². The highest BCUT2D eigenvalue weighted by atomic mass is 35.5. The molecule has 38 heavy (non-hydrogen) atoms. The third-order valence-electron chi connectivity index (χ3n) is 7.44. The summed E-state index contributed by atoms with van der Waals surface area (Å²) in [5.74, 6) is -6.33. The van der Waals surface area contributed by atoms with E-state index in [1.54, 1.807) is 0 Å². The van der Waals surface area contributed by atoms with E-state index in [1.165, 1.54) is 19.1 Å². The van der Waals surface area contributed by atoms with Crippen LogP contribution in [0.4, 0.5) is 18.9 Å². The number of halogens is 4. The Balaban J connectivity index is 1.47. The van der Waals surface area contributed by atoms with Gasteiger partial charge in [0, 0.05) is 23.4 Å². The predicted octanol–water partition coefficient (Wildman–Crippen LogP) is 3.07. The first-order valence-electron chi connectivity index (χ1n) is 11.9. The minimum Gasteiger partial charge on any atom is -0.391 e. The SMILES string of the molecule is C[C@@H](O)[C@H](O)COCC1(O)C2CC1CC(S(=O)(=O)c1cc(C(=O)Nc3cc(F)c(F)c(F)c3)ccc1Cl)C2. The zero-order chi connectivity index (χ0) is 28.0. The first-order valence-corrected chi connectivity index (χ1v) is 13.8. The molecule has 0 saturated heterocycles. The van der Waals surface area contributed by atoms with Crippen LogP contribution in [-0.4, -0.2) is 65.9 Å². The number of sulfone groups is 1. The average molecular weight is 578 g/mol. The predicted molar refractivity (Wildman–Crippen MR) is 131 cm³/mol. The molecular formula is C25H27ClF3NO7S. The van der Waals surface area contributed by atoms with Crippen LogP contribution in [0, 0.1) is 29.3 Å². The molecule has 4 atom stereocenters. The molecule has 3 aliphatic rings. The van der Waals surface area contributed by atoms with Crippen LogP contribution in [0.2, 0.25) is 5.02 Å². The Morgan fingerprint density at radius 1 is 1.13 bits per heavy atom. The van der Waals surface area contributed by atoms with Crippen LogP contribution in [0.5, 0.6) is 0 Å². The molecule has 0 aromatic heterocycles. The van der Waals surface area contributed by atoms with Crippen molar-refractivity contribution < 1.29 is 46.4 Å². The topological polar surface area (TPSA) is 133 Å². The van der Waals surface area contributed by atoms with Crippen molar-refractivity contribution in [2.24, 2.45) is 11.8 Å². The second-order valence-electron chi connectivity index (χ2n) is 9.94. The maximum Gasteiger partial charge on any atom is 0.255 e. The number of aliphatic hydroxyl groups excluding tert-OH is 2. The number of nitrogens with one attached hydrogen (secondary N) is 1. The summed E-state index contributed by atoms with van der Waals surface area (Å²) in [6.45, 7) is 1.12. The highest BCUT2D eigenvalue weighted by Gasteiger charge is 2.60. The van der Waals surface area contributed by atoms with Crippen molar-refractivity contribution in [3.05, 3.63) is 58.4 Å². The Bertz CT molecular complexity index is 1310. The number of amides is 1. The molecule has 3 fully saturated rings. The normalized spacial score (nSPS) is 26.4. The van der Waals surface area contributed by atoms with Crippen LogP contribution in [0.25, 0.3) is 0 Å². The lowest BCUT2D eigenvalue weighted by Crippen LogP contribution is -2.64. The molecule has 0 heterocycles. The van der Waals surface area contributed by atoms with E-state index in [-0.39, 0.29) is 59.1 Å². The van der Waals surface area contributed by atoms with Crippen molar-refractivity contribution in [3.63, 3.8) is 0 Å². The number of fused-ring (bicyclic) bond motifs is 2. The first-order chi connectivity index (χ1) is 17.7. The first kappa shape index (κ1) is 28.8. The van der Waals surface area contributed by atoms with E-state index in [0.717, 1.165) is 6.07 Å². The van der Waals surface area contributed by atoms with Crippen molar-refractivity contribution in [2.75, 3.05) is 18.5 Å². The average Bonchev–Trinajstić information content (AvgIpc) is 2.86. The molecule has 4 N–H and O–H groups in total. The fraction of sp³-hybridized carbons (Fsp3) is 0.480. The van der Waals surface area contributed by atoms with Gasteiger partial charge in [-0.3, -0.25) is 4.79 Å². The van der Waals surface area contributed by atoms with Crippen LogP contribution >= 0.6 is 11.6 Å². The maximum atomic E-state index is 13.5. The summed E-state index contributed by atoms with van der Waals surface area (Å²) in [6.07, 6.45) is -1.26. The Morgan fingerprint density at radius 3 is 2.32 bits per heavy atom. The van der Waals surface area contributed by atoms with Crippen LogP contribution in [0.3, 0.4) is 0 Å². The molecule has 8 nitrogen and oxygen atoms in total. The fourth-order valence-corrected chi connectivity index (χ4v) is 7.50. The van der Waals surface area contributed by atoms with Crippen molar-refractivity contribution in [1.29, 1.82) is 0 Å². The number of anilines is 1. The Hall–Kier alpha value is -2.22. The number of carbonyl (C=O) groups excluding carboxylic acids is 1. The Labute approximate surface area is 222 Å². The summed E-state index contributed by atoms with van der Waals surface area (Å²) in [4.78, 5) is 12.4. The summed E-state index contributed by atoms with van der Waals surface area (Å²) in [7, 11) is -4.05.